The molecule has 0 bridgehead atoms. The van der Waals surface area contributed by atoms with Crippen LogP contribution >= 0.6 is 0 Å². The van der Waals surface area contributed by atoms with Gasteiger partial charge < -0.3 is 4.74 Å². The Kier molecular flexibility index (Phi) is 4.95. The summed E-state index contributed by atoms with van der Waals surface area (Å²) in [5.74, 6) is 0.768. The number of carbonyl (C=O) groups is 1. The van der Waals surface area contributed by atoms with E-state index in [9.17, 15) is 4.79 Å². The van der Waals surface area contributed by atoms with Crippen molar-refractivity contribution in [2.75, 3.05) is 7.11 Å². The second-order valence-corrected chi connectivity index (χ2v) is 3.68. The van der Waals surface area contributed by atoms with Gasteiger partial charge in [-0.3, -0.25) is 4.79 Å². The van der Waals surface area contributed by atoms with Gasteiger partial charge in [-0.05, 0) is 11.8 Å². The maximum absolute atomic E-state index is 11.3. The zero-order valence-electron chi connectivity index (χ0n) is 8.76. The summed E-state index contributed by atoms with van der Waals surface area (Å²) in [6.45, 7) is 8.33. The first-order valence-electron chi connectivity index (χ1n) is 4.62. The molecule has 0 aliphatic rings. The highest BCUT2D eigenvalue weighted by Gasteiger charge is 2.27. The van der Waals surface area contributed by atoms with Crippen molar-refractivity contribution < 1.29 is 9.53 Å². The number of carbonyl (C=O) groups excluding carboxylic acids is 1. The molecule has 0 aromatic rings. The molecule has 0 N–H and O–H groups in total. The van der Waals surface area contributed by atoms with Gasteiger partial charge in [0.15, 0.2) is 0 Å². The Balaban J connectivity index is 4.32. The highest BCUT2D eigenvalue weighted by atomic mass is 16.5. The van der Waals surface area contributed by atoms with E-state index in [0.29, 0.717) is 11.8 Å². The molecule has 0 aliphatic heterocycles. The van der Waals surface area contributed by atoms with Crippen LogP contribution in [0, 0.1) is 17.8 Å². The van der Waals surface area contributed by atoms with Crippen LogP contribution in [0.1, 0.15) is 34.1 Å². The molecular formula is C10H20O2. The van der Waals surface area contributed by atoms with Gasteiger partial charge in [0.1, 0.15) is 0 Å². The van der Waals surface area contributed by atoms with Gasteiger partial charge in [0.25, 0.3) is 0 Å². The highest BCUT2D eigenvalue weighted by molar-refractivity contribution is 5.72. The predicted molar refractivity (Wildman–Crippen MR) is 49.8 cm³/mol. The lowest BCUT2D eigenvalue weighted by Crippen LogP contribution is -2.27. The van der Waals surface area contributed by atoms with E-state index < -0.39 is 0 Å². The minimum Gasteiger partial charge on any atom is -0.469 e. The minimum atomic E-state index is -0.0700. The smallest absolute Gasteiger partial charge is 0.309 e. The van der Waals surface area contributed by atoms with Crippen LogP contribution in [0.3, 0.4) is 0 Å². The van der Waals surface area contributed by atoms with Gasteiger partial charge >= 0.3 is 5.97 Å². The summed E-state index contributed by atoms with van der Waals surface area (Å²) >= 11 is 0. The van der Waals surface area contributed by atoms with Crippen molar-refractivity contribution in [1.29, 1.82) is 0 Å². The number of methoxy groups -OCH3 is 1. The van der Waals surface area contributed by atoms with Crippen molar-refractivity contribution in [2.45, 2.75) is 34.1 Å². The third-order valence-electron chi connectivity index (χ3n) is 2.45. The number of ether oxygens (including phenoxy) is 1. The minimum absolute atomic E-state index is 0.0556. The zero-order chi connectivity index (χ0) is 9.72. The Morgan fingerprint density at radius 2 is 1.83 bits per heavy atom. The summed E-state index contributed by atoms with van der Waals surface area (Å²) in [5.41, 5.74) is 0. The Labute approximate surface area is 75.3 Å². The summed E-state index contributed by atoms with van der Waals surface area (Å²) in [6, 6.07) is 0. The van der Waals surface area contributed by atoms with E-state index in [0.717, 1.165) is 6.42 Å². The van der Waals surface area contributed by atoms with Crippen LogP contribution in [0.4, 0.5) is 0 Å². The molecule has 2 nitrogen and oxygen atoms in total. The first-order chi connectivity index (χ1) is 5.54. The van der Waals surface area contributed by atoms with E-state index in [1.54, 1.807) is 0 Å². The van der Waals surface area contributed by atoms with Crippen molar-refractivity contribution in [3.8, 4) is 0 Å². The maximum atomic E-state index is 11.3. The van der Waals surface area contributed by atoms with E-state index in [4.69, 9.17) is 4.74 Å². The fourth-order valence-electron chi connectivity index (χ4n) is 1.55. The van der Waals surface area contributed by atoms with Crippen LogP contribution in [-0.4, -0.2) is 13.1 Å². The lowest BCUT2D eigenvalue weighted by atomic mass is 9.83. The molecule has 12 heavy (non-hydrogen) atoms. The van der Waals surface area contributed by atoms with Crippen LogP contribution in [0.15, 0.2) is 0 Å². The largest absolute Gasteiger partial charge is 0.469 e. The van der Waals surface area contributed by atoms with Crippen LogP contribution in [0.5, 0.6) is 0 Å². The molecule has 0 aliphatic carbocycles. The summed E-state index contributed by atoms with van der Waals surface area (Å²) in [5, 5.41) is 0. The van der Waals surface area contributed by atoms with E-state index in [-0.39, 0.29) is 11.9 Å². The molecule has 0 saturated carbocycles. The first-order valence-corrected chi connectivity index (χ1v) is 4.62. The molecular weight excluding hydrogens is 152 g/mol. The van der Waals surface area contributed by atoms with Crippen LogP contribution in [0.25, 0.3) is 0 Å². The standard InChI is InChI=1S/C10H20O2/c1-6-8(4)9(7(2)3)10(11)12-5/h7-9H,6H2,1-5H3/t8?,9-/m1/s1. The van der Waals surface area contributed by atoms with Gasteiger partial charge in [-0.15, -0.1) is 0 Å². The summed E-state index contributed by atoms with van der Waals surface area (Å²) < 4.78 is 4.76. The van der Waals surface area contributed by atoms with Gasteiger partial charge in [0.05, 0.1) is 13.0 Å². The Bertz CT molecular complexity index is 141. The second kappa shape index (κ2) is 5.18. The first kappa shape index (κ1) is 11.5. The van der Waals surface area contributed by atoms with Crippen molar-refractivity contribution in [1.82, 2.24) is 0 Å². The molecule has 0 saturated heterocycles. The third-order valence-corrected chi connectivity index (χ3v) is 2.45. The summed E-state index contributed by atoms with van der Waals surface area (Å²) in [6.07, 6.45) is 1.03. The molecule has 0 fully saturated rings. The van der Waals surface area contributed by atoms with Crippen molar-refractivity contribution >= 4 is 5.97 Å². The zero-order valence-corrected chi connectivity index (χ0v) is 8.76. The highest BCUT2D eigenvalue weighted by Crippen LogP contribution is 2.24. The molecule has 0 aromatic carbocycles. The fourth-order valence-corrected chi connectivity index (χ4v) is 1.55. The molecule has 0 radical (unpaired) electrons. The molecule has 0 amide bonds. The van der Waals surface area contributed by atoms with Gasteiger partial charge in [0, 0.05) is 0 Å². The Hall–Kier alpha value is -0.530. The number of esters is 1. The second-order valence-electron chi connectivity index (χ2n) is 3.68. The number of hydrogen-bond donors (Lipinski definition) is 0. The van der Waals surface area contributed by atoms with Gasteiger partial charge in [0.2, 0.25) is 0 Å². The van der Waals surface area contributed by atoms with Gasteiger partial charge in [-0.25, -0.2) is 0 Å². The molecule has 0 heterocycles. The van der Waals surface area contributed by atoms with Gasteiger partial charge in [-0.2, -0.15) is 0 Å². The third kappa shape index (κ3) is 2.84. The SMILES string of the molecule is CCC(C)[C@H](C(=O)OC)C(C)C. The molecule has 0 spiro atoms. The molecule has 72 valence electrons. The quantitative estimate of drug-likeness (QED) is 0.609. The van der Waals surface area contributed by atoms with Crippen molar-refractivity contribution in [3.05, 3.63) is 0 Å². The summed E-state index contributed by atoms with van der Waals surface area (Å²) in [4.78, 5) is 11.3. The molecule has 2 heteroatoms. The van der Waals surface area contributed by atoms with E-state index >= 15 is 0 Å². The summed E-state index contributed by atoms with van der Waals surface area (Å²) in [7, 11) is 1.46. The lowest BCUT2D eigenvalue weighted by molar-refractivity contribution is -0.149. The van der Waals surface area contributed by atoms with Gasteiger partial charge in [-0.1, -0.05) is 34.1 Å². The Morgan fingerprint density at radius 3 is 2.08 bits per heavy atom. The van der Waals surface area contributed by atoms with E-state index in [1.165, 1.54) is 7.11 Å². The molecule has 0 rings (SSSR count). The fraction of sp³-hybridized carbons (Fsp3) is 0.900. The normalized spacial score (nSPS) is 15.8. The topological polar surface area (TPSA) is 26.3 Å². The predicted octanol–water partition coefficient (Wildman–Crippen LogP) is 2.48. The van der Waals surface area contributed by atoms with Crippen LogP contribution in [0.2, 0.25) is 0 Å². The van der Waals surface area contributed by atoms with Crippen molar-refractivity contribution in [3.63, 3.8) is 0 Å². The van der Waals surface area contributed by atoms with Crippen LogP contribution < -0.4 is 0 Å². The van der Waals surface area contributed by atoms with Crippen LogP contribution in [-0.2, 0) is 9.53 Å². The average Bonchev–Trinajstić information content (AvgIpc) is 2.03. The van der Waals surface area contributed by atoms with E-state index in [1.807, 2.05) is 0 Å². The monoisotopic (exact) mass is 172 g/mol. The average molecular weight is 172 g/mol. The lowest BCUT2D eigenvalue weighted by Gasteiger charge is -2.23. The molecule has 1 unspecified atom stereocenters. The number of hydrogen-bond acceptors (Lipinski definition) is 2. The number of rotatable bonds is 4. The maximum Gasteiger partial charge on any atom is 0.309 e. The molecule has 2 atom stereocenters. The molecule has 0 aromatic heterocycles. The van der Waals surface area contributed by atoms with E-state index in [2.05, 4.69) is 27.7 Å². The van der Waals surface area contributed by atoms with Crippen molar-refractivity contribution in [2.24, 2.45) is 17.8 Å². The Morgan fingerprint density at radius 1 is 1.33 bits per heavy atom.